The van der Waals surface area contributed by atoms with Gasteiger partial charge in [-0.05, 0) is 72.9 Å². The Morgan fingerprint density at radius 1 is 0.639 bits per heavy atom. The Labute approximate surface area is 207 Å². The molecule has 4 N–H and O–H groups in total. The number of nitrogens with zero attached hydrogens (tertiary/aromatic N) is 4. The van der Waals surface area contributed by atoms with Crippen LogP contribution in [0, 0.1) is 11.8 Å². The van der Waals surface area contributed by atoms with Crippen LogP contribution in [-0.4, -0.2) is 42.0 Å². The number of hydrogen-bond acceptors (Lipinski definition) is 6. The molecule has 0 radical (unpaired) electrons. The molecule has 2 saturated carbocycles. The average Bonchev–Trinajstić information content (AvgIpc) is 3.49. The monoisotopic (exact) mass is 474 g/mol. The number of fused-ring (bicyclic) bond motifs is 4. The molecule has 4 fully saturated rings. The van der Waals surface area contributed by atoms with Crippen LogP contribution in [0.2, 0.25) is 0 Å². The predicted octanol–water partition coefficient (Wildman–Crippen LogP) is 4.41. The summed E-state index contributed by atoms with van der Waals surface area (Å²) in [6, 6.07) is 14.8. The van der Waals surface area contributed by atoms with Crippen molar-refractivity contribution >= 4 is 22.1 Å². The summed E-state index contributed by atoms with van der Waals surface area (Å²) in [6.07, 6.45) is 8.73. The van der Waals surface area contributed by atoms with Gasteiger partial charge in [-0.1, -0.05) is 12.1 Å². The maximum Gasteiger partial charge on any atom is 0.124 e. The van der Waals surface area contributed by atoms with Crippen LogP contribution in [0.5, 0.6) is 0 Å². The lowest BCUT2D eigenvalue weighted by Gasteiger charge is -2.09. The lowest BCUT2D eigenvalue weighted by atomic mass is 10.0. The van der Waals surface area contributed by atoms with Gasteiger partial charge in [0.2, 0.25) is 0 Å². The lowest BCUT2D eigenvalue weighted by molar-refractivity contribution is 0.543. The van der Waals surface area contributed by atoms with E-state index in [1.807, 2.05) is 12.4 Å². The molecule has 0 bridgehead atoms. The Bertz CT molecular complexity index is 1650. The Morgan fingerprint density at radius 3 is 2.17 bits per heavy atom. The zero-order chi connectivity index (χ0) is 23.4. The highest BCUT2D eigenvalue weighted by Crippen LogP contribution is 2.46. The van der Waals surface area contributed by atoms with Crippen molar-refractivity contribution in [1.29, 1.82) is 0 Å². The van der Waals surface area contributed by atoms with Crippen LogP contribution in [0.25, 0.3) is 44.6 Å². The average molecular weight is 475 g/mol. The van der Waals surface area contributed by atoms with Gasteiger partial charge < -0.3 is 20.6 Å². The van der Waals surface area contributed by atoms with E-state index in [1.54, 1.807) is 0 Å². The molecule has 178 valence electrons. The van der Waals surface area contributed by atoms with Crippen LogP contribution in [-0.2, 0) is 0 Å². The van der Waals surface area contributed by atoms with Crippen molar-refractivity contribution in [3.8, 4) is 22.5 Å². The second kappa shape index (κ2) is 6.99. The summed E-state index contributed by atoms with van der Waals surface area (Å²) in [5, 5.41) is 7.34. The maximum atomic E-state index is 4.87. The molecule has 4 aliphatic rings. The molecule has 2 unspecified atom stereocenters. The van der Waals surface area contributed by atoms with E-state index in [2.05, 4.69) is 62.0 Å². The van der Waals surface area contributed by atoms with Crippen molar-refractivity contribution in [1.82, 2.24) is 40.5 Å². The summed E-state index contributed by atoms with van der Waals surface area (Å²) < 4.78 is 0. The zero-order valence-corrected chi connectivity index (χ0v) is 19.7. The molecule has 9 rings (SSSR count). The fraction of sp³-hybridized carbons (Fsp3) is 0.357. The van der Waals surface area contributed by atoms with Crippen LogP contribution in [0.3, 0.4) is 0 Å². The van der Waals surface area contributed by atoms with Gasteiger partial charge in [-0.2, -0.15) is 0 Å². The summed E-state index contributed by atoms with van der Waals surface area (Å²) >= 11 is 0. The van der Waals surface area contributed by atoms with Crippen molar-refractivity contribution in [3.05, 3.63) is 60.4 Å². The molecule has 8 nitrogen and oxygen atoms in total. The van der Waals surface area contributed by atoms with E-state index < -0.39 is 0 Å². The molecule has 3 aromatic heterocycles. The molecule has 6 atom stereocenters. The topological polar surface area (TPSA) is 107 Å². The van der Waals surface area contributed by atoms with Gasteiger partial charge in [-0.3, -0.25) is 4.98 Å². The Morgan fingerprint density at radius 2 is 1.39 bits per heavy atom. The summed E-state index contributed by atoms with van der Waals surface area (Å²) in [4.78, 5) is 26.1. The number of piperidine rings is 2. The molecule has 2 aromatic carbocycles. The summed E-state index contributed by atoms with van der Waals surface area (Å²) in [5.74, 6) is 3.76. The minimum Gasteiger partial charge on any atom is -0.341 e. The van der Waals surface area contributed by atoms with Gasteiger partial charge in [-0.15, -0.1) is 0 Å². The largest absolute Gasteiger partial charge is 0.341 e. The minimum absolute atomic E-state index is 0.335. The first-order valence-corrected chi connectivity index (χ1v) is 13.1. The Balaban J connectivity index is 0.999. The van der Waals surface area contributed by atoms with Crippen LogP contribution in [0.4, 0.5) is 0 Å². The minimum atomic E-state index is 0.335. The van der Waals surface area contributed by atoms with Gasteiger partial charge in [0, 0.05) is 12.1 Å². The molecule has 2 saturated heterocycles. The molecule has 2 aliphatic heterocycles. The first-order valence-electron chi connectivity index (χ1n) is 13.1. The second-order valence-corrected chi connectivity index (χ2v) is 11.1. The highest BCUT2D eigenvalue weighted by Gasteiger charge is 2.47. The number of benzene rings is 2. The van der Waals surface area contributed by atoms with Gasteiger partial charge in [-0.25, -0.2) is 15.0 Å². The van der Waals surface area contributed by atoms with E-state index in [-0.39, 0.29) is 0 Å². The van der Waals surface area contributed by atoms with Gasteiger partial charge in [0.25, 0.3) is 0 Å². The van der Waals surface area contributed by atoms with Crippen molar-refractivity contribution in [3.63, 3.8) is 0 Å². The predicted molar refractivity (Wildman–Crippen MR) is 137 cm³/mol. The third-order valence-corrected chi connectivity index (χ3v) is 8.66. The molecule has 0 spiro atoms. The van der Waals surface area contributed by atoms with E-state index >= 15 is 0 Å². The number of rotatable bonds is 4. The highest BCUT2D eigenvalue weighted by atomic mass is 15.1. The van der Waals surface area contributed by atoms with E-state index in [1.165, 1.54) is 25.7 Å². The Kier molecular flexibility index (Phi) is 3.80. The summed E-state index contributed by atoms with van der Waals surface area (Å²) in [7, 11) is 0. The first kappa shape index (κ1) is 19.6. The van der Waals surface area contributed by atoms with Crippen LogP contribution in [0.15, 0.2) is 48.8 Å². The van der Waals surface area contributed by atoms with Crippen LogP contribution >= 0.6 is 0 Å². The highest BCUT2D eigenvalue weighted by molar-refractivity contribution is 5.86. The smallest absolute Gasteiger partial charge is 0.124 e. The molecule has 2 aliphatic carbocycles. The first-order chi connectivity index (χ1) is 17.7. The second-order valence-electron chi connectivity index (χ2n) is 11.1. The van der Waals surface area contributed by atoms with Crippen LogP contribution < -0.4 is 10.6 Å². The number of aromatic nitrogens is 6. The number of nitrogens with one attached hydrogen (secondary N) is 4. The van der Waals surface area contributed by atoms with Crippen molar-refractivity contribution in [2.75, 3.05) is 0 Å². The molecular formula is C28H26N8. The number of hydrogen-bond donors (Lipinski definition) is 4. The van der Waals surface area contributed by atoms with E-state index in [9.17, 15) is 0 Å². The van der Waals surface area contributed by atoms with E-state index in [0.29, 0.717) is 24.2 Å². The molecule has 0 amide bonds. The summed E-state index contributed by atoms with van der Waals surface area (Å²) in [6.45, 7) is 0. The third kappa shape index (κ3) is 3.07. The Hall–Kier alpha value is -3.62. The molecule has 36 heavy (non-hydrogen) atoms. The van der Waals surface area contributed by atoms with E-state index in [0.717, 1.165) is 68.1 Å². The van der Waals surface area contributed by atoms with Crippen molar-refractivity contribution in [2.45, 2.75) is 49.9 Å². The fourth-order valence-corrected chi connectivity index (χ4v) is 6.40. The maximum absolute atomic E-state index is 4.87. The standard InChI is InChI=1S/C28H26N8/c1-3-17-21(29-11-25(31-17)26-12-30-27(36-26)23-9-15-7-19(15)32-23)5-13(1)14-2-4-18-22(6-14)35-28(34-18)24-10-16-8-20(16)33-24/h1-6,11-12,15-16,19-20,23-24,32-33H,7-10H2,(H,30,36)(H,34,35)/t15?,16-,19-,20?,23+,24+/m1/s1. The molecule has 5 heterocycles. The van der Waals surface area contributed by atoms with Gasteiger partial charge in [0.1, 0.15) is 17.3 Å². The zero-order valence-electron chi connectivity index (χ0n) is 19.7. The lowest BCUT2D eigenvalue weighted by Crippen LogP contribution is -2.18. The molecule has 5 aromatic rings. The number of imidazole rings is 2. The van der Waals surface area contributed by atoms with E-state index in [4.69, 9.17) is 15.0 Å². The van der Waals surface area contributed by atoms with Gasteiger partial charge in [0.05, 0.1) is 52.2 Å². The van der Waals surface area contributed by atoms with Crippen molar-refractivity contribution in [2.24, 2.45) is 11.8 Å². The normalized spacial score (nSPS) is 30.1. The van der Waals surface area contributed by atoms with Gasteiger partial charge >= 0.3 is 0 Å². The van der Waals surface area contributed by atoms with Crippen molar-refractivity contribution < 1.29 is 0 Å². The fourth-order valence-electron chi connectivity index (χ4n) is 6.40. The molecular weight excluding hydrogens is 448 g/mol. The third-order valence-electron chi connectivity index (χ3n) is 8.66. The number of aromatic amines is 2. The quantitative estimate of drug-likeness (QED) is 0.307. The SMILES string of the molecule is c1cc2nc(-c3cnc([C@@H]4CC5C[C@H]5N4)[nH]3)cnc2cc1-c1ccc2nc([C@@H]3C[C@H]4CC4N3)[nH]c2c1. The summed E-state index contributed by atoms with van der Waals surface area (Å²) in [5.41, 5.74) is 7.87. The number of H-pyrrole nitrogens is 2. The van der Waals surface area contributed by atoms with Crippen LogP contribution in [0.1, 0.15) is 49.4 Å². The van der Waals surface area contributed by atoms with Gasteiger partial charge in [0.15, 0.2) is 0 Å². The molecule has 8 heteroatoms.